The molecule has 1 N–H and O–H groups in total. The Hall–Kier alpha value is -1.66. The average Bonchev–Trinajstić information content (AvgIpc) is 3.03. The highest BCUT2D eigenvalue weighted by atomic mass is 32.2. The topological polar surface area (TPSA) is 56.5 Å². The third kappa shape index (κ3) is 2.04. The van der Waals surface area contributed by atoms with Gasteiger partial charge in [0.15, 0.2) is 16.7 Å². The molecule has 18 heavy (non-hydrogen) atoms. The third-order valence-electron chi connectivity index (χ3n) is 2.56. The van der Waals surface area contributed by atoms with Crippen LogP contribution in [0, 0.1) is 0 Å². The lowest BCUT2D eigenvalue weighted by Crippen LogP contribution is -1.97. The molecule has 94 valence electrons. The van der Waals surface area contributed by atoms with Gasteiger partial charge in [0.25, 0.3) is 0 Å². The highest BCUT2D eigenvalue weighted by Crippen LogP contribution is 2.34. The van der Waals surface area contributed by atoms with E-state index in [-0.39, 0.29) is 13.4 Å². The maximum Gasteiger partial charge on any atom is 0.231 e. The van der Waals surface area contributed by atoms with E-state index in [9.17, 15) is 0 Å². The Morgan fingerprint density at radius 1 is 1.33 bits per heavy atom. The van der Waals surface area contributed by atoms with E-state index in [2.05, 4.69) is 4.98 Å². The van der Waals surface area contributed by atoms with Gasteiger partial charge in [0.1, 0.15) is 0 Å². The summed E-state index contributed by atoms with van der Waals surface area (Å²) in [6.45, 7) is 0.410. The summed E-state index contributed by atoms with van der Waals surface area (Å²) in [5.41, 5.74) is 0.970. The molecule has 0 unspecified atom stereocenters. The van der Waals surface area contributed by atoms with Crippen LogP contribution >= 0.6 is 11.8 Å². The number of aromatic nitrogens is 2. The predicted molar refractivity (Wildman–Crippen MR) is 67.5 cm³/mol. The SMILES string of the molecule is OCCSc1nccn1-c1ccc2c(c1)OCO2. The molecule has 1 aromatic carbocycles. The molecule has 1 aliphatic rings. The van der Waals surface area contributed by atoms with Crippen LogP contribution in [-0.2, 0) is 0 Å². The van der Waals surface area contributed by atoms with Gasteiger partial charge >= 0.3 is 0 Å². The number of rotatable bonds is 4. The summed E-state index contributed by atoms with van der Waals surface area (Å²) in [7, 11) is 0. The molecule has 0 amide bonds. The van der Waals surface area contributed by atoms with Gasteiger partial charge in [-0.2, -0.15) is 0 Å². The van der Waals surface area contributed by atoms with Crippen molar-refractivity contribution in [2.75, 3.05) is 19.2 Å². The zero-order chi connectivity index (χ0) is 12.4. The maximum atomic E-state index is 8.86. The molecule has 0 saturated carbocycles. The lowest BCUT2D eigenvalue weighted by atomic mass is 10.3. The molecule has 0 atom stereocenters. The van der Waals surface area contributed by atoms with E-state index in [0.29, 0.717) is 5.75 Å². The molecular weight excluding hydrogens is 252 g/mol. The van der Waals surface area contributed by atoms with Crippen molar-refractivity contribution in [3.63, 3.8) is 0 Å². The molecule has 0 spiro atoms. The Balaban J connectivity index is 1.92. The molecule has 2 aromatic rings. The molecule has 0 saturated heterocycles. The Labute approximate surface area is 108 Å². The van der Waals surface area contributed by atoms with Crippen molar-refractivity contribution in [2.45, 2.75) is 5.16 Å². The van der Waals surface area contributed by atoms with Gasteiger partial charge < -0.3 is 14.6 Å². The number of ether oxygens (including phenoxy) is 2. The molecule has 0 radical (unpaired) electrons. The summed E-state index contributed by atoms with van der Waals surface area (Å²) >= 11 is 1.51. The van der Waals surface area contributed by atoms with Gasteiger partial charge in [0.05, 0.1) is 12.3 Å². The first-order valence-corrected chi connectivity index (χ1v) is 6.54. The molecule has 3 rings (SSSR count). The highest BCUT2D eigenvalue weighted by molar-refractivity contribution is 7.99. The number of benzene rings is 1. The molecule has 5 nitrogen and oxygen atoms in total. The number of hydrogen-bond acceptors (Lipinski definition) is 5. The van der Waals surface area contributed by atoms with E-state index in [1.54, 1.807) is 6.20 Å². The summed E-state index contributed by atoms with van der Waals surface area (Å²) < 4.78 is 12.6. The Kier molecular flexibility index (Phi) is 3.12. The van der Waals surface area contributed by atoms with Crippen LogP contribution in [0.5, 0.6) is 11.5 Å². The van der Waals surface area contributed by atoms with Crippen LogP contribution in [0.1, 0.15) is 0 Å². The predicted octanol–water partition coefficient (Wildman–Crippen LogP) is 1.69. The number of thioether (sulfide) groups is 1. The second-order valence-corrected chi connectivity index (χ2v) is 4.75. The summed E-state index contributed by atoms with van der Waals surface area (Å²) in [4.78, 5) is 4.27. The number of imidazole rings is 1. The quantitative estimate of drug-likeness (QED) is 0.852. The van der Waals surface area contributed by atoms with Crippen molar-refractivity contribution in [1.82, 2.24) is 9.55 Å². The summed E-state index contributed by atoms with van der Waals surface area (Å²) in [6, 6.07) is 5.77. The summed E-state index contributed by atoms with van der Waals surface area (Å²) in [6.07, 6.45) is 3.63. The number of nitrogens with zero attached hydrogens (tertiary/aromatic N) is 2. The van der Waals surface area contributed by atoms with E-state index in [0.717, 1.165) is 22.3 Å². The number of fused-ring (bicyclic) bond motifs is 1. The molecule has 0 aliphatic carbocycles. The second-order valence-electron chi connectivity index (χ2n) is 3.69. The van der Waals surface area contributed by atoms with Crippen LogP contribution in [-0.4, -0.2) is 33.8 Å². The van der Waals surface area contributed by atoms with Crippen LogP contribution in [0.3, 0.4) is 0 Å². The first kappa shape index (κ1) is 11.4. The fourth-order valence-corrected chi connectivity index (χ4v) is 2.48. The molecule has 2 heterocycles. The largest absolute Gasteiger partial charge is 0.454 e. The standard InChI is InChI=1S/C12H12N2O3S/c15-5-6-18-12-13-3-4-14(12)9-1-2-10-11(7-9)17-8-16-10/h1-4,7,15H,5-6,8H2. The van der Waals surface area contributed by atoms with E-state index < -0.39 is 0 Å². The fourth-order valence-electron chi connectivity index (χ4n) is 1.77. The zero-order valence-corrected chi connectivity index (χ0v) is 10.4. The van der Waals surface area contributed by atoms with Crippen LogP contribution in [0.25, 0.3) is 5.69 Å². The minimum Gasteiger partial charge on any atom is -0.454 e. The van der Waals surface area contributed by atoms with Crippen LogP contribution in [0.4, 0.5) is 0 Å². The van der Waals surface area contributed by atoms with E-state index in [1.807, 2.05) is 29.0 Å². The van der Waals surface area contributed by atoms with Gasteiger partial charge in [-0.05, 0) is 12.1 Å². The van der Waals surface area contributed by atoms with Gasteiger partial charge in [0.2, 0.25) is 6.79 Å². The number of aliphatic hydroxyl groups is 1. The minimum atomic E-state index is 0.138. The first-order valence-electron chi connectivity index (χ1n) is 5.55. The third-order valence-corrected chi connectivity index (χ3v) is 3.51. The van der Waals surface area contributed by atoms with Gasteiger partial charge in [-0.15, -0.1) is 0 Å². The van der Waals surface area contributed by atoms with E-state index in [4.69, 9.17) is 14.6 Å². The molecule has 6 heteroatoms. The summed E-state index contributed by atoms with van der Waals surface area (Å²) in [5.74, 6) is 2.14. The zero-order valence-electron chi connectivity index (χ0n) is 9.57. The Bertz CT molecular complexity index is 556. The van der Waals surface area contributed by atoms with Gasteiger partial charge in [0, 0.05) is 24.2 Å². The van der Waals surface area contributed by atoms with Crippen molar-refractivity contribution in [3.8, 4) is 17.2 Å². The lowest BCUT2D eigenvalue weighted by Gasteiger charge is -2.07. The molecular formula is C12H12N2O3S. The smallest absolute Gasteiger partial charge is 0.231 e. The fraction of sp³-hybridized carbons (Fsp3) is 0.250. The second kappa shape index (κ2) is 4.91. The Morgan fingerprint density at radius 3 is 3.11 bits per heavy atom. The van der Waals surface area contributed by atoms with Crippen LogP contribution in [0.15, 0.2) is 35.7 Å². The lowest BCUT2D eigenvalue weighted by molar-refractivity contribution is 0.174. The maximum absolute atomic E-state index is 8.86. The molecule has 0 bridgehead atoms. The van der Waals surface area contributed by atoms with Crippen LogP contribution < -0.4 is 9.47 Å². The number of aliphatic hydroxyl groups excluding tert-OH is 1. The van der Waals surface area contributed by atoms with Gasteiger partial charge in [-0.1, -0.05) is 11.8 Å². The highest BCUT2D eigenvalue weighted by Gasteiger charge is 2.15. The van der Waals surface area contributed by atoms with E-state index >= 15 is 0 Å². The van der Waals surface area contributed by atoms with E-state index in [1.165, 1.54) is 11.8 Å². The molecule has 0 fully saturated rings. The molecule has 1 aliphatic heterocycles. The van der Waals surface area contributed by atoms with Crippen molar-refractivity contribution >= 4 is 11.8 Å². The summed E-state index contributed by atoms with van der Waals surface area (Å²) in [5, 5.41) is 9.71. The Morgan fingerprint density at radius 2 is 2.22 bits per heavy atom. The van der Waals surface area contributed by atoms with Crippen molar-refractivity contribution in [3.05, 3.63) is 30.6 Å². The van der Waals surface area contributed by atoms with Crippen LogP contribution in [0.2, 0.25) is 0 Å². The minimum absolute atomic E-state index is 0.138. The van der Waals surface area contributed by atoms with Crippen molar-refractivity contribution in [2.24, 2.45) is 0 Å². The van der Waals surface area contributed by atoms with Crippen molar-refractivity contribution in [1.29, 1.82) is 0 Å². The normalized spacial score (nSPS) is 12.9. The monoisotopic (exact) mass is 264 g/mol. The first-order chi connectivity index (χ1) is 8.88. The van der Waals surface area contributed by atoms with Gasteiger partial charge in [-0.3, -0.25) is 4.57 Å². The number of hydrogen-bond donors (Lipinski definition) is 1. The average molecular weight is 264 g/mol. The van der Waals surface area contributed by atoms with Crippen molar-refractivity contribution < 1.29 is 14.6 Å². The van der Waals surface area contributed by atoms with Gasteiger partial charge in [-0.25, -0.2) is 4.98 Å². The molecule has 1 aromatic heterocycles.